The van der Waals surface area contributed by atoms with Crippen LogP contribution >= 0.6 is 11.6 Å². The lowest BCUT2D eigenvalue weighted by atomic mass is 10.1. The molecule has 0 radical (unpaired) electrons. The standard InChI is InChI=1S/C27H36ClFN4O2/c1-2-3-4-5-9-26(34)32-17-14-31(15-18-32)16-19-33(21-22-10-12-24(29)13-11-22)27(35)30-25-8-6-7-23(28)20-25/h6-8,10-13,20H,2-5,9,14-19,21H2,1H3,(H,30,35). The molecule has 0 aliphatic carbocycles. The number of carbonyl (C=O) groups excluding carboxylic acids is 2. The van der Waals surface area contributed by atoms with Crippen LogP contribution in [-0.2, 0) is 11.3 Å². The Morgan fingerprint density at radius 1 is 1.03 bits per heavy atom. The maximum absolute atomic E-state index is 13.4. The molecule has 8 heteroatoms. The number of benzene rings is 2. The first-order valence-electron chi connectivity index (χ1n) is 12.5. The molecule has 0 aromatic heterocycles. The van der Waals surface area contributed by atoms with Gasteiger partial charge in [0, 0.05) is 62.9 Å². The molecule has 0 atom stereocenters. The topological polar surface area (TPSA) is 55.9 Å². The summed E-state index contributed by atoms with van der Waals surface area (Å²) in [5.41, 5.74) is 1.48. The number of hydrogen-bond acceptors (Lipinski definition) is 3. The molecule has 1 heterocycles. The number of rotatable bonds is 11. The number of urea groups is 1. The zero-order valence-electron chi connectivity index (χ0n) is 20.5. The molecule has 1 fully saturated rings. The molecule has 1 aliphatic rings. The van der Waals surface area contributed by atoms with E-state index in [4.69, 9.17) is 11.6 Å². The predicted octanol–water partition coefficient (Wildman–Crippen LogP) is 5.63. The average Bonchev–Trinajstić information content (AvgIpc) is 2.85. The van der Waals surface area contributed by atoms with Crippen molar-refractivity contribution in [3.05, 3.63) is 64.9 Å². The van der Waals surface area contributed by atoms with E-state index >= 15 is 0 Å². The smallest absolute Gasteiger partial charge is 0.322 e. The molecule has 0 bridgehead atoms. The Morgan fingerprint density at radius 3 is 2.46 bits per heavy atom. The summed E-state index contributed by atoms with van der Waals surface area (Å²) in [6.07, 6.45) is 5.06. The number of carbonyl (C=O) groups is 2. The Hall–Kier alpha value is -2.64. The summed E-state index contributed by atoms with van der Waals surface area (Å²) in [5.74, 6) is -0.0546. The number of anilines is 1. The highest BCUT2D eigenvalue weighted by Crippen LogP contribution is 2.17. The molecule has 1 aliphatic heterocycles. The van der Waals surface area contributed by atoms with E-state index in [-0.39, 0.29) is 17.8 Å². The van der Waals surface area contributed by atoms with Crippen LogP contribution in [0.4, 0.5) is 14.9 Å². The van der Waals surface area contributed by atoms with Crippen LogP contribution in [-0.4, -0.2) is 65.9 Å². The van der Waals surface area contributed by atoms with Gasteiger partial charge in [0.05, 0.1) is 0 Å². The SMILES string of the molecule is CCCCCCC(=O)N1CCN(CCN(Cc2ccc(F)cc2)C(=O)Nc2cccc(Cl)c2)CC1. The van der Waals surface area contributed by atoms with Crippen molar-refractivity contribution in [2.24, 2.45) is 0 Å². The highest BCUT2D eigenvalue weighted by molar-refractivity contribution is 6.30. The minimum absolute atomic E-state index is 0.238. The molecule has 0 spiro atoms. The summed E-state index contributed by atoms with van der Waals surface area (Å²) in [6.45, 7) is 6.77. The van der Waals surface area contributed by atoms with Gasteiger partial charge in [-0.15, -0.1) is 0 Å². The first-order valence-corrected chi connectivity index (χ1v) is 12.9. The summed E-state index contributed by atoms with van der Waals surface area (Å²) >= 11 is 6.06. The molecule has 2 aromatic carbocycles. The fraction of sp³-hybridized carbons (Fsp3) is 0.481. The quantitative estimate of drug-likeness (QED) is 0.405. The number of unbranched alkanes of at least 4 members (excludes halogenated alkanes) is 3. The Labute approximate surface area is 213 Å². The molecular formula is C27H36ClFN4O2. The van der Waals surface area contributed by atoms with E-state index in [9.17, 15) is 14.0 Å². The van der Waals surface area contributed by atoms with Gasteiger partial charge in [0.25, 0.3) is 0 Å². The normalized spacial score (nSPS) is 14.1. The summed E-state index contributed by atoms with van der Waals surface area (Å²) in [5, 5.41) is 3.46. The van der Waals surface area contributed by atoms with E-state index in [2.05, 4.69) is 17.1 Å². The van der Waals surface area contributed by atoms with E-state index < -0.39 is 0 Å². The zero-order valence-corrected chi connectivity index (χ0v) is 21.3. The largest absolute Gasteiger partial charge is 0.340 e. The zero-order chi connectivity index (χ0) is 25.0. The van der Waals surface area contributed by atoms with E-state index in [0.717, 1.165) is 44.6 Å². The third-order valence-electron chi connectivity index (χ3n) is 6.31. The number of nitrogens with zero attached hydrogens (tertiary/aromatic N) is 3. The third-order valence-corrected chi connectivity index (χ3v) is 6.54. The number of piperazine rings is 1. The molecule has 190 valence electrons. The average molecular weight is 503 g/mol. The Bertz CT molecular complexity index is 948. The predicted molar refractivity (Wildman–Crippen MR) is 139 cm³/mol. The van der Waals surface area contributed by atoms with Crippen LogP contribution in [0.1, 0.15) is 44.6 Å². The highest BCUT2D eigenvalue weighted by Gasteiger charge is 2.22. The monoisotopic (exact) mass is 502 g/mol. The lowest BCUT2D eigenvalue weighted by Gasteiger charge is -2.36. The van der Waals surface area contributed by atoms with E-state index in [1.807, 2.05) is 4.90 Å². The Balaban J connectivity index is 1.53. The van der Waals surface area contributed by atoms with Gasteiger partial charge in [-0.1, -0.05) is 56.0 Å². The minimum Gasteiger partial charge on any atom is -0.340 e. The molecule has 35 heavy (non-hydrogen) atoms. The first-order chi connectivity index (χ1) is 16.9. The van der Waals surface area contributed by atoms with Gasteiger partial charge in [0.2, 0.25) is 5.91 Å². The third kappa shape index (κ3) is 9.15. The lowest BCUT2D eigenvalue weighted by molar-refractivity contribution is -0.133. The van der Waals surface area contributed by atoms with Gasteiger partial charge in [-0.25, -0.2) is 9.18 Å². The second-order valence-electron chi connectivity index (χ2n) is 9.02. The van der Waals surface area contributed by atoms with Gasteiger partial charge >= 0.3 is 6.03 Å². The van der Waals surface area contributed by atoms with Gasteiger partial charge in [-0.2, -0.15) is 0 Å². The first kappa shape index (κ1) is 27.0. The molecular weight excluding hydrogens is 467 g/mol. The highest BCUT2D eigenvalue weighted by atomic mass is 35.5. The molecule has 0 unspecified atom stereocenters. The van der Waals surface area contributed by atoms with E-state index in [0.29, 0.717) is 36.8 Å². The number of amides is 3. The van der Waals surface area contributed by atoms with Crippen molar-refractivity contribution < 1.29 is 14.0 Å². The van der Waals surface area contributed by atoms with E-state index in [1.54, 1.807) is 41.3 Å². The number of nitrogens with one attached hydrogen (secondary N) is 1. The summed E-state index contributed by atoms with van der Waals surface area (Å²) < 4.78 is 13.4. The Kier molecular flexibility index (Phi) is 10.8. The second kappa shape index (κ2) is 14.0. The van der Waals surface area contributed by atoms with Crippen LogP contribution in [0.3, 0.4) is 0 Å². The molecule has 0 saturated carbocycles. The van der Waals surface area contributed by atoms with E-state index in [1.165, 1.54) is 25.0 Å². The van der Waals surface area contributed by atoms with Crippen LogP contribution in [0.15, 0.2) is 48.5 Å². The fourth-order valence-electron chi connectivity index (χ4n) is 4.18. The van der Waals surface area contributed by atoms with Crippen molar-refractivity contribution in [2.75, 3.05) is 44.6 Å². The van der Waals surface area contributed by atoms with Crippen molar-refractivity contribution in [3.63, 3.8) is 0 Å². The fourth-order valence-corrected chi connectivity index (χ4v) is 4.37. The maximum atomic E-state index is 13.4. The van der Waals surface area contributed by atoms with Gasteiger partial charge in [-0.3, -0.25) is 9.69 Å². The van der Waals surface area contributed by atoms with Gasteiger partial charge in [-0.05, 0) is 42.3 Å². The molecule has 6 nitrogen and oxygen atoms in total. The summed E-state index contributed by atoms with van der Waals surface area (Å²) in [4.78, 5) is 31.5. The molecule has 1 N–H and O–H groups in total. The van der Waals surface area contributed by atoms with Crippen LogP contribution in [0.25, 0.3) is 0 Å². The molecule has 2 aromatic rings. The molecule has 3 rings (SSSR count). The van der Waals surface area contributed by atoms with Crippen molar-refractivity contribution in [1.82, 2.24) is 14.7 Å². The van der Waals surface area contributed by atoms with Crippen LogP contribution < -0.4 is 5.32 Å². The van der Waals surface area contributed by atoms with Crippen LogP contribution in [0.5, 0.6) is 0 Å². The van der Waals surface area contributed by atoms with Crippen molar-refractivity contribution in [3.8, 4) is 0 Å². The van der Waals surface area contributed by atoms with Gasteiger partial charge in [0.1, 0.15) is 5.82 Å². The second-order valence-corrected chi connectivity index (χ2v) is 9.46. The van der Waals surface area contributed by atoms with Crippen molar-refractivity contribution in [2.45, 2.75) is 45.6 Å². The maximum Gasteiger partial charge on any atom is 0.322 e. The van der Waals surface area contributed by atoms with Crippen molar-refractivity contribution >= 4 is 29.2 Å². The molecule has 3 amide bonds. The Morgan fingerprint density at radius 2 is 1.77 bits per heavy atom. The minimum atomic E-state index is -0.304. The van der Waals surface area contributed by atoms with Gasteiger partial charge < -0.3 is 15.1 Å². The number of hydrogen-bond donors (Lipinski definition) is 1. The van der Waals surface area contributed by atoms with Gasteiger partial charge in [0.15, 0.2) is 0 Å². The van der Waals surface area contributed by atoms with Crippen LogP contribution in [0.2, 0.25) is 5.02 Å². The van der Waals surface area contributed by atoms with Crippen molar-refractivity contribution in [1.29, 1.82) is 0 Å². The number of halogens is 2. The summed E-state index contributed by atoms with van der Waals surface area (Å²) in [6, 6.07) is 13.0. The summed E-state index contributed by atoms with van der Waals surface area (Å²) in [7, 11) is 0. The lowest BCUT2D eigenvalue weighted by Crippen LogP contribution is -2.50. The molecule has 1 saturated heterocycles. The van der Waals surface area contributed by atoms with Crippen LogP contribution in [0, 0.1) is 5.82 Å².